The van der Waals surface area contributed by atoms with Crippen LogP contribution < -0.4 is 9.47 Å². The van der Waals surface area contributed by atoms with Crippen LogP contribution in [0.2, 0.25) is 0 Å². The second kappa shape index (κ2) is 7.19. The maximum Gasteiger partial charge on any atom is 0.308 e. The second-order valence-electron chi connectivity index (χ2n) is 4.68. The van der Waals surface area contributed by atoms with Gasteiger partial charge in [-0.05, 0) is 42.5 Å². The summed E-state index contributed by atoms with van der Waals surface area (Å²) in [4.78, 5) is 34.9. The minimum absolute atomic E-state index is 0.112. The predicted molar refractivity (Wildman–Crippen MR) is 86.6 cm³/mol. The van der Waals surface area contributed by atoms with Gasteiger partial charge in [0.1, 0.15) is 11.5 Å². The monoisotopic (exact) mass is 376 g/mol. The van der Waals surface area contributed by atoms with Gasteiger partial charge in [0.25, 0.3) is 0 Å². The van der Waals surface area contributed by atoms with Gasteiger partial charge in [0.2, 0.25) is 0 Å². The number of hydrogen-bond donors (Lipinski definition) is 0. The van der Waals surface area contributed by atoms with E-state index in [4.69, 9.17) is 9.47 Å². The summed E-state index contributed by atoms with van der Waals surface area (Å²) in [6.45, 7) is 2.50. The zero-order valence-electron chi connectivity index (χ0n) is 12.5. The van der Waals surface area contributed by atoms with Crippen molar-refractivity contribution in [2.24, 2.45) is 0 Å². The summed E-state index contributed by atoms with van der Waals surface area (Å²) in [7, 11) is 0. The Kier molecular flexibility index (Phi) is 5.28. The first-order valence-corrected chi connectivity index (χ1v) is 7.47. The van der Waals surface area contributed by atoms with Crippen LogP contribution in [0, 0.1) is 0 Å². The van der Waals surface area contributed by atoms with Gasteiger partial charge in [-0.15, -0.1) is 0 Å². The van der Waals surface area contributed by atoms with Crippen LogP contribution in [0.5, 0.6) is 11.5 Å². The molecule has 0 fully saturated rings. The van der Waals surface area contributed by atoms with Crippen molar-refractivity contribution in [3.63, 3.8) is 0 Å². The molecule has 118 valence electrons. The molecule has 0 N–H and O–H groups in total. The topological polar surface area (TPSA) is 69.7 Å². The minimum Gasteiger partial charge on any atom is -0.427 e. The molecule has 0 aliphatic carbocycles. The molecule has 0 radical (unpaired) electrons. The highest BCUT2D eigenvalue weighted by atomic mass is 79.9. The van der Waals surface area contributed by atoms with E-state index in [0.717, 1.165) is 4.47 Å². The Morgan fingerprint density at radius 1 is 0.870 bits per heavy atom. The van der Waals surface area contributed by atoms with Gasteiger partial charge in [0.15, 0.2) is 5.78 Å². The molecule has 0 saturated heterocycles. The number of esters is 2. The first kappa shape index (κ1) is 16.9. The summed E-state index contributed by atoms with van der Waals surface area (Å²) in [6.07, 6.45) is 0. The fourth-order valence-electron chi connectivity index (χ4n) is 1.92. The number of hydrogen-bond acceptors (Lipinski definition) is 5. The summed E-state index contributed by atoms with van der Waals surface area (Å²) < 4.78 is 10.9. The highest BCUT2D eigenvalue weighted by Gasteiger charge is 2.18. The standard InChI is InChI=1S/C17H13BrO5/c1-10(19)22-14-7-8-16(23-11(2)20)15(9-14)17(21)12-3-5-13(18)6-4-12/h3-9H,1-2H3. The van der Waals surface area contributed by atoms with E-state index >= 15 is 0 Å². The normalized spacial score (nSPS) is 10.0. The third-order valence-corrected chi connectivity index (χ3v) is 3.35. The molecule has 0 atom stereocenters. The van der Waals surface area contributed by atoms with Gasteiger partial charge < -0.3 is 9.47 Å². The highest BCUT2D eigenvalue weighted by Crippen LogP contribution is 2.27. The van der Waals surface area contributed by atoms with E-state index in [9.17, 15) is 14.4 Å². The molecule has 0 saturated carbocycles. The Morgan fingerprint density at radius 3 is 2.04 bits per heavy atom. The van der Waals surface area contributed by atoms with E-state index in [0.29, 0.717) is 5.56 Å². The number of benzene rings is 2. The van der Waals surface area contributed by atoms with E-state index in [2.05, 4.69) is 15.9 Å². The quantitative estimate of drug-likeness (QED) is 0.463. The van der Waals surface area contributed by atoms with Crippen molar-refractivity contribution in [1.29, 1.82) is 0 Å². The third-order valence-electron chi connectivity index (χ3n) is 2.82. The van der Waals surface area contributed by atoms with Crippen LogP contribution in [0.4, 0.5) is 0 Å². The van der Waals surface area contributed by atoms with Gasteiger partial charge in [0, 0.05) is 23.9 Å². The first-order chi connectivity index (χ1) is 10.9. The van der Waals surface area contributed by atoms with Crippen LogP contribution in [0.3, 0.4) is 0 Å². The summed E-state index contributed by atoms with van der Waals surface area (Å²) in [6, 6.07) is 11.0. The maximum atomic E-state index is 12.7. The van der Waals surface area contributed by atoms with E-state index in [1.807, 2.05) is 0 Å². The van der Waals surface area contributed by atoms with Crippen LogP contribution in [-0.2, 0) is 9.59 Å². The van der Waals surface area contributed by atoms with Crippen molar-refractivity contribution in [2.75, 3.05) is 0 Å². The van der Waals surface area contributed by atoms with Gasteiger partial charge in [-0.2, -0.15) is 0 Å². The van der Waals surface area contributed by atoms with E-state index in [-0.39, 0.29) is 22.8 Å². The molecule has 0 heterocycles. The Morgan fingerprint density at radius 2 is 1.48 bits per heavy atom. The molecule has 0 spiro atoms. The van der Waals surface area contributed by atoms with Gasteiger partial charge in [-0.3, -0.25) is 14.4 Å². The molecule has 2 aromatic carbocycles. The number of ketones is 1. The summed E-state index contributed by atoms with van der Waals surface area (Å²) >= 11 is 3.30. The molecule has 0 amide bonds. The molecule has 5 nitrogen and oxygen atoms in total. The highest BCUT2D eigenvalue weighted by molar-refractivity contribution is 9.10. The Balaban J connectivity index is 2.46. The van der Waals surface area contributed by atoms with Gasteiger partial charge in [0.05, 0.1) is 5.56 Å². The average molecular weight is 377 g/mol. The third kappa shape index (κ3) is 4.50. The van der Waals surface area contributed by atoms with Gasteiger partial charge in [-0.1, -0.05) is 15.9 Å². The number of carbonyl (C=O) groups is 3. The van der Waals surface area contributed by atoms with E-state index in [1.165, 1.54) is 32.0 Å². The largest absolute Gasteiger partial charge is 0.427 e. The van der Waals surface area contributed by atoms with Crippen LogP contribution in [-0.4, -0.2) is 17.7 Å². The van der Waals surface area contributed by atoms with Crippen molar-refractivity contribution >= 4 is 33.7 Å². The maximum absolute atomic E-state index is 12.7. The van der Waals surface area contributed by atoms with E-state index < -0.39 is 11.9 Å². The fraction of sp³-hybridized carbons (Fsp3) is 0.118. The summed E-state index contributed by atoms with van der Waals surface area (Å²) in [5.41, 5.74) is 0.558. The summed E-state index contributed by atoms with van der Waals surface area (Å²) in [5.74, 6) is -1.08. The minimum atomic E-state index is -0.546. The lowest BCUT2D eigenvalue weighted by Crippen LogP contribution is -2.10. The number of rotatable bonds is 4. The number of carbonyl (C=O) groups excluding carboxylic acids is 3. The average Bonchev–Trinajstić information content (AvgIpc) is 2.48. The lowest BCUT2D eigenvalue weighted by molar-refractivity contribution is -0.133. The SMILES string of the molecule is CC(=O)Oc1ccc(OC(C)=O)c(C(=O)c2ccc(Br)cc2)c1. The fourth-order valence-corrected chi connectivity index (χ4v) is 2.18. The molecule has 0 unspecified atom stereocenters. The molecule has 2 rings (SSSR count). The van der Waals surface area contributed by atoms with Crippen molar-refractivity contribution in [3.8, 4) is 11.5 Å². The van der Waals surface area contributed by atoms with Crippen molar-refractivity contribution in [2.45, 2.75) is 13.8 Å². The zero-order valence-corrected chi connectivity index (χ0v) is 14.0. The van der Waals surface area contributed by atoms with Gasteiger partial charge in [-0.25, -0.2) is 0 Å². The van der Waals surface area contributed by atoms with Crippen LogP contribution >= 0.6 is 15.9 Å². The Hall–Kier alpha value is -2.47. The van der Waals surface area contributed by atoms with Crippen LogP contribution in [0.25, 0.3) is 0 Å². The lowest BCUT2D eigenvalue weighted by Gasteiger charge is -2.10. The zero-order chi connectivity index (χ0) is 17.0. The molecule has 0 aliphatic rings. The summed E-state index contributed by atoms with van der Waals surface area (Å²) in [5, 5.41) is 0. The smallest absolute Gasteiger partial charge is 0.308 e. The second-order valence-corrected chi connectivity index (χ2v) is 5.60. The van der Waals surface area contributed by atoms with E-state index in [1.54, 1.807) is 24.3 Å². The molecular formula is C17H13BrO5. The number of ether oxygens (including phenoxy) is 2. The number of halogens is 1. The van der Waals surface area contributed by atoms with Crippen molar-refractivity contribution in [1.82, 2.24) is 0 Å². The molecule has 2 aromatic rings. The molecular weight excluding hydrogens is 364 g/mol. The lowest BCUT2D eigenvalue weighted by atomic mass is 10.0. The molecule has 23 heavy (non-hydrogen) atoms. The molecule has 0 bridgehead atoms. The predicted octanol–water partition coefficient (Wildman–Crippen LogP) is 3.53. The first-order valence-electron chi connectivity index (χ1n) is 6.68. The Labute approximate surface area is 141 Å². The molecule has 0 aromatic heterocycles. The molecule has 6 heteroatoms. The van der Waals surface area contributed by atoms with Crippen molar-refractivity contribution < 1.29 is 23.9 Å². The van der Waals surface area contributed by atoms with Crippen LogP contribution in [0.1, 0.15) is 29.8 Å². The van der Waals surface area contributed by atoms with Crippen LogP contribution in [0.15, 0.2) is 46.9 Å². The Bertz CT molecular complexity index is 765. The molecule has 0 aliphatic heterocycles. The van der Waals surface area contributed by atoms with Crippen molar-refractivity contribution in [3.05, 3.63) is 58.1 Å². The van der Waals surface area contributed by atoms with Gasteiger partial charge >= 0.3 is 11.9 Å².